The Morgan fingerprint density at radius 2 is 2.20 bits per heavy atom. The van der Waals surface area contributed by atoms with Crippen molar-refractivity contribution in [3.63, 3.8) is 0 Å². The van der Waals surface area contributed by atoms with Crippen LogP contribution in [0.15, 0.2) is 30.3 Å². The molecular weight excluding hydrogens is 272 g/mol. The molecule has 1 rings (SSSR count). The molecule has 0 aliphatic carbocycles. The van der Waals surface area contributed by atoms with Crippen molar-refractivity contribution in [1.82, 2.24) is 0 Å². The Morgan fingerprint density at radius 3 is 2.90 bits per heavy atom. The molecule has 20 heavy (non-hydrogen) atoms. The van der Waals surface area contributed by atoms with E-state index in [0.29, 0.717) is 6.61 Å². The van der Waals surface area contributed by atoms with Crippen molar-refractivity contribution >= 4 is 23.8 Å². The molecule has 1 N–H and O–H groups in total. The third-order valence-corrected chi connectivity index (χ3v) is 3.59. The second kappa shape index (κ2) is 9.48. The molecule has 0 saturated heterocycles. The van der Waals surface area contributed by atoms with Gasteiger partial charge in [-0.05, 0) is 41.9 Å². The molecule has 0 fully saturated rings. The first kappa shape index (κ1) is 16.6. The quantitative estimate of drug-likeness (QED) is 0.553. The van der Waals surface area contributed by atoms with E-state index in [4.69, 9.17) is 9.84 Å². The lowest BCUT2D eigenvalue weighted by molar-refractivity contribution is -0.131. The minimum absolute atomic E-state index is 0.675. The van der Waals surface area contributed by atoms with Crippen LogP contribution in [0.2, 0.25) is 0 Å². The average Bonchev–Trinajstić information content (AvgIpc) is 2.40. The molecule has 4 heteroatoms. The van der Waals surface area contributed by atoms with E-state index in [-0.39, 0.29) is 0 Å². The van der Waals surface area contributed by atoms with Gasteiger partial charge in [-0.1, -0.05) is 26.0 Å². The summed E-state index contributed by atoms with van der Waals surface area (Å²) in [7, 11) is 0. The maximum Gasteiger partial charge on any atom is 0.328 e. The van der Waals surface area contributed by atoms with Crippen LogP contribution < -0.4 is 4.74 Å². The van der Waals surface area contributed by atoms with Gasteiger partial charge in [-0.25, -0.2) is 4.79 Å². The zero-order chi connectivity index (χ0) is 14.8. The highest BCUT2D eigenvalue weighted by Gasteiger charge is 1.97. The third-order valence-electron chi connectivity index (χ3n) is 2.61. The molecular formula is C16H22O3S. The lowest BCUT2D eigenvalue weighted by Crippen LogP contribution is -2.01. The minimum Gasteiger partial charge on any atom is -0.493 e. The normalized spacial score (nSPS) is 11.2. The van der Waals surface area contributed by atoms with E-state index in [1.54, 1.807) is 6.08 Å². The average molecular weight is 294 g/mol. The second-order valence-corrected chi connectivity index (χ2v) is 6.11. The van der Waals surface area contributed by atoms with Gasteiger partial charge in [0, 0.05) is 11.8 Å². The van der Waals surface area contributed by atoms with Crippen molar-refractivity contribution in [1.29, 1.82) is 0 Å². The van der Waals surface area contributed by atoms with Gasteiger partial charge in [-0.2, -0.15) is 11.8 Å². The summed E-state index contributed by atoms with van der Waals surface area (Å²) in [5.74, 6) is 2.73. The van der Waals surface area contributed by atoms with Crippen molar-refractivity contribution in [2.75, 3.05) is 18.1 Å². The predicted octanol–water partition coefficient (Wildman–Crippen LogP) is 3.94. The van der Waals surface area contributed by atoms with E-state index >= 15 is 0 Å². The molecule has 0 aliphatic heterocycles. The van der Waals surface area contributed by atoms with Gasteiger partial charge < -0.3 is 9.84 Å². The van der Waals surface area contributed by atoms with E-state index in [2.05, 4.69) is 13.8 Å². The first-order chi connectivity index (χ1) is 9.58. The first-order valence-corrected chi connectivity index (χ1v) is 7.95. The number of carboxylic acid groups (broad SMARTS) is 1. The molecule has 0 bridgehead atoms. The van der Waals surface area contributed by atoms with Gasteiger partial charge in [0.2, 0.25) is 0 Å². The van der Waals surface area contributed by atoms with Crippen LogP contribution in [0.4, 0.5) is 0 Å². The van der Waals surface area contributed by atoms with E-state index in [1.165, 1.54) is 12.2 Å². The molecule has 0 aliphatic rings. The molecule has 3 nitrogen and oxygen atoms in total. The standard InChI is InChI=1S/C16H22O3S/c1-13(2)8-10-20-11-9-19-15-5-3-4-14(12-15)6-7-16(17)18/h3-7,12-13H,8-11H2,1-2H3,(H,17,18)/b7-6+. The number of thioether (sulfide) groups is 1. The van der Waals surface area contributed by atoms with Gasteiger partial charge in [-0.15, -0.1) is 0 Å². The molecule has 0 unspecified atom stereocenters. The number of hydrogen-bond acceptors (Lipinski definition) is 3. The monoisotopic (exact) mass is 294 g/mol. The third kappa shape index (κ3) is 7.89. The highest BCUT2D eigenvalue weighted by Crippen LogP contribution is 2.15. The Kier molecular flexibility index (Phi) is 7.88. The fraction of sp³-hybridized carbons (Fsp3) is 0.438. The topological polar surface area (TPSA) is 46.5 Å². The maximum atomic E-state index is 10.5. The molecule has 0 atom stereocenters. The Bertz CT molecular complexity index is 441. The van der Waals surface area contributed by atoms with Crippen LogP contribution in [0.5, 0.6) is 5.75 Å². The van der Waals surface area contributed by atoms with Gasteiger partial charge in [-0.3, -0.25) is 0 Å². The smallest absolute Gasteiger partial charge is 0.328 e. The van der Waals surface area contributed by atoms with Crippen molar-refractivity contribution in [3.8, 4) is 5.75 Å². The molecule has 0 spiro atoms. The summed E-state index contributed by atoms with van der Waals surface area (Å²) >= 11 is 1.90. The summed E-state index contributed by atoms with van der Waals surface area (Å²) in [6.07, 6.45) is 3.92. The SMILES string of the molecule is CC(C)CCSCCOc1cccc(/C=C/C(=O)O)c1. The van der Waals surface area contributed by atoms with E-state index < -0.39 is 5.97 Å². The summed E-state index contributed by atoms with van der Waals surface area (Å²) in [4.78, 5) is 10.5. The van der Waals surface area contributed by atoms with Crippen molar-refractivity contribution in [2.24, 2.45) is 5.92 Å². The van der Waals surface area contributed by atoms with Crippen LogP contribution in [-0.4, -0.2) is 29.2 Å². The summed E-state index contributed by atoms with van der Waals surface area (Å²) in [5, 5.41) is 8.59. The number of carboxylic acids is 1. The highest BCUT2D eigenvalue weighted by atomic mass is 32.2. The van der Waals surface area contributed by atoms with Crippen LogP contribution in [0, 0.1) is 5.92 Å². The second-order valence-electron chi connectivity index (χ2n) is 4.89. The van der Waals surface area contributed by atoms with Crippen molar-refractivity contribution in [2.45, 2.75) is 20.3 Å². The maximum absolute atomic E-state index is 10.5. The molecule has 0 saturated carbocycles. The molecule has 0 amide bonds. The Balaban J connectivity index is 2.30. The van der Waals surface area contributed by atoms with Gasteiger partial charge in [0.1, 0.15) is 5.75 Å². The zero-order valence-electron chi connectivity index (χ0n) is 12.0. The summed E-state index contributed by atoms with van der Waals surface area (Å²) in [6.45, 7) is 5.13. The van der Waals surface area contributed by atoms with Gasteiger partial charge in [0.05, 0.1) is 6.61 Å². The van der Waals surface area contributed by atoms with Crippen molar-refractivity contribution in [3.05, 3.63) is 35.9 Å². The van der Waals surface area contributed by atoms with Gasteiger partial charge in [0.15, 0.2) is 0 Å². The summed E-state index contributed by atoms with van der Waals surface area (Å²) in [5.41, 5.74) is 0.831. The Labute approximate surface area is 125 Å². The lowest BCUT2D eigenvalue weighted by Gasteiger charge is -2.07. The van der Waals surface area contributed by atoms with Crippen molar-refractivity contribution < 1.29 is 14.6 Å². The van der Waals surface area contributed by atoms with E-state index in [9.17, 15) is 4.79 Å². The van der Waals surface area contributed by atoms with Crippen LogP contribution in [0.25, 0.3) is 6.08 Å². The minimum atomic E-state index is -0.946. The molecule has 0 aromatic heterocycles. The zero-order valence-corrected chi connectivity index (χ0v) is 12.9. The summed E-state index contributed by atoms with van der Waals surface area (Å²) in [6, 6.07) is 7.45. The highest BCUT2D eigenvalue weighted by molar-refractivity contribution is 7.99. The number of hydrogen-bond donors (Lipinski definition) is 1. The fourth-order valence-corrected chi connectivity index (χ4v) is 2.56. The van der Waals surface area contributed by atoms with Gasteiger partial charge in [0.25, 0.3) is 0 Å². The van der Waals surface area contributed by atoms with E-state index in [1.807, 2.05) is 36.0 Å². The Hall–Kier alpha value is -1.42. The van der Waals surface area contributed by atoms with Crippen LogP contribution in [-0.2, 0) is 4.79 Å². The Morgan fingerprint density at radius 1 is 1.40 bits per heavy atom. The predicted molar refractivity (Wildman–Crippen MR) is 85.4 cm³/mol. The van der Waals surface area contributed by atoms with Crippen LogP contribution >= 0.6 is 11.8 Å². The van der Waals surface area contributed by atoms with Crippen LogP contribution in [0.3, 0.4) is 0 Å². The van der Waals surface area contributed by atoms with E-state index in [0.717, 1.165) is 29.1 Å². The molecule has 0 heterocycles. The van der Waals surface area contributed by atoms with Gasteiger partial charge >= 0.3 is 5.97 Å². The molecule has 110 valence electrons. The molecule has 1 aromatic rings. The molecule has 1 aromatic carbocycles. The number of rotatable bonds is 9. The number of ether oxygens (including phenoxy) is 1. The molecule has 0 radical (unpaired) electrons. The fourth-order valence-electron chi connectivity index (χ4n) is 1.52. The lowest BCUT2D eigenvalue weighted by atomic mass is 10.2. The largest absolute Gasteiger partial charge is 0.493 e. The number of benzene rings is 1. The number of aliphatic carboxylic acids is 1. The first-order valence-electron chi connectivity index (χ1n) is 6.79. The summed E-state index contributed by atoms with van der Waals surface area (Å²) < 4.78 is 5.66. The number of carbonyl (C=O) groups is 1. The van der Waals surface area contributed by atoms with Crippen LogP contribution in [0.1, 0.15) is 25.8 Å².